The molecule has 1 N–H and O–H groups in total. The summed E-state index contributed by atoms with van der Waals surface area (Å²) in [6.45, 7) is 2.18. The SMILES string of the molecule is CCCCCC(O)c1ccc(I)cc1. The summed E-state index contributed by atoms with van der Waals surface area (Å²) in [6, 6.07) is 8.11. The predicted molar refractivity (Wildman–Crippen MR) is 68.3 cm³/mol. The van der Waals surface area contributed by atoms with E-state index in [9.17, 15) is 5.11 Å². The average molecular weight is 304 g/mol. The lowest BCUT2D eigenvalue weighted by Gasteiger charge is -2.10. The molecule has 0 amide bonds. The second kappa shape index (κ2) is 6.40. The lowest BCUT2D eigenvalue weighted by Crippen LogP contribution is -1.97. The number of hydrogen-bond acceptors (Lipinski definition) is 1. The molecule has 2 heteroatoms. The minimum Gasteiger partial charge on any atom is -0.388 e. The molecule has 0 aliphatic heterocycles. The molecule has 0 aliphatic carbocycles. The number of aliphatic hydroxyl groups is 1. The summed E-state index contributed by atoms with van der Waals surface area (Å²) >= 11 is 2.27. The summed E-state index contributed by atoms with van der Waals surface area (Å²) in [6.07, 6.45) is 4.14. The molecule has 1 atom stereocenters. The maximum absolute atomic E-state index is 9.84. The Morgan fingerprint density at radius 2 is 1.86 bits per heavy atom. The van der Waals surface area contributed by atoms with E-state index < -0.39 is 0 Å². The van der Waals surface area contributed by atoms with E-state index in [1.54, 1.807) is 0 Å². The van der Waals surface area contributed by atoms with Gasteiger partial charge in [-0.25, -0.2) is 0 Å². The Morgan fingerprint density at radius 3 is 2.43 bits per heavy atom. The zero-order valence-corrected chi connectivity index (χ0v) is 10.7. The first-order chi connectivity index (χ1) is 6.74. The number of hydrogen-bond donors (Lipinski definition) is 1. The Bertz CT molecular complexity index is 256. The van der Waals surface area contributed by atoms with Gasteiger partial charge in [0.25, 0.3) is 0 Å². The Morgan fingerprint density at radius 1 is 1.21 bits per heavy atom. The molecule has 1 rings (SSSR count). The van der Waals surface area contributed by atoms with Crippen LogP contribution < -0.4 is 0 Å². The van der Waals surface area contributed by atoms with Crippen molar-refractivity contribution in [1.82, 2.24) is 0 Å². The maximum Gasteiger partial charge on any atom is 0.0790 e. The second-order valence-electron chi connectivity index (χ2n) is 3.56. The molecular formula is C12H17IO. The third-order valence-electron chi connectivity index (χ3n) is 2.34. The molecule has 0 spiro atoms. The summed E-state index contributed by atoms with van der Waals surface area (Å²) in [4.78, 5) is 0. The highest BCUT2D eigenvalue weighted by atomic mass is 127. The van der Waals surface area contributed by atoms with E-state index in [0.717, 1.165) is 18.4 Å². The van der Waals surface area contributed by atoms with E-state index >= 15 is 0 Å². The van der Waals surface area contributed by atoms with Crippen molar-refractivity contribution in [2.24, 2.45) is 0 Å². The number of halogens is 1. The van der Waals surface area contributed by atoms with Crippen LogP contribution in [0.3, 0.4) is 0 Å². The standard InChI is InChI=1S/C12H17IO/c1-2-3-4-5-12(14)10-6-8-11(13)9-7-10/h6-9,12,14H,2-5H2,1H3. The summed E-state index contributed by atoms with van der Waals surface area (Å²) < 4.78 is 1.21. The molecule has 1 unspecified atom stereocenters. The van der Waals surface area contributed by atoms with Crippen molar-refractivity contribution in [3.63, 3.8) is 0 Å². The molecule has 1 aromatic rings. The molecule has 0 aliphatic rings. The third kappa shape index (κ3) is 3.96. The van der Waals surface area contributed by atoms with Crippen molar-refractivity contribution in [3.05, 3.63) is 33.4 Å². The van der Waals surface area contributed by atoms with Crippen LogP contribution in [0.5, 0.6) is 0 Å². The van der Waals surface area contributed by atoms with Crippen molar-refractivity contribution in [2.45, 2.75) is 38.7 Å². The van der Waals surface area contributed by atoms with Crippen LogP contribution in [0.1, 0.15) is 44.3 Å². The van der Waals surface area contributed by atoms with Crippen LogP contribution in [0.25, 0.3) is 0 Å². The fourth-order valence-electron chi connectivity index (χ4n) is 1.44. The van der Waals surface area contributed by atoms with E-state index in [1.165, 1.54) is 16.4 Å². The molecule has 0 fully saturated rings. The Hall–Kier alpha value is -0.0900. The Kier molecular flexibility index (Phi) is 5.48. The average Bonchev–Trinajstić information content (AvgIpc) is 2.19. The van der Waals surface area contributed by atoms with Gasteiger partial charge in [0.2, 0.25) is 0 Å². The van der Waals surface area contributed by atoms with Gasteiger partial charge in [-0.05, 0) is 46.7 Å². The normalized spacial score (nSPS) is 12.8. The van der Waals surface area contributed by atoms with Gasteiger partial charge < -0.3 is 5.11 Å². The van der Waals surface area contributed by atoms with Crippen LogP contribution >= 0.6 is 22.6 Å². The first-order valence-corrected chi connectivity index (χ1v) is 6.25. The molecule has 0 radical (unpaired) electrons. The quantitative estimate of drug-likeness (QED) is 0.646. The van der Waals surface area contributed by atoms with Crippen LogP contribution in [0, 0.1) is 3.57 Å². The monoisotopic (exact) mass is 304 g/mol. The summed E-state index contributed by atoms with van der Waals surface area (Å²) in [7, 11) is 0. The Labute approximate surface area is 99.7 Å². The van der Waals surface area contributed by atoms with Gasteiger partial charge in [-0.2, -0.15) is 0 Å². The van der Waals surface area contributed by atoms with Crippen molar-refractivity contribution in [3.8, 4) is 0 Å². The zero-order valence-electron chi connectivity index (χ0n) is 8.54. The van der Waals surface area contributed by atoms with Gasteiger partial charge in [0.05, 0.1) is 6.10 Å². The summed E-state index contributed by atoms with van der Waals surface area (Å²) in [5.41, 5.74) is 1.04. The zero-order chi connectivity index (χ0) is 10.4. The fourth-order valence-corrected chi connectivity index (χ4v) is 1.80. The highest BCUT2D eigenvalue weighted by Crippen LogP contribution is 2.20. The predicted octanol–water partition coefficient (Wildman–Crippen LogP) is 3.90. The van der Waals surface area contributed by atoms with Gasteiger partial charge in [0, 0.05) is 3.57 Å². The molecule has 0 heterocycles. The molecule has 78 valence electrons. The largest absolute Gasteiger partial charge is 0.388 e. The van der Waals surface area contributed by atoms with Gasteiger partial charge >= 0.3 is 0 Å². The van der Waals surface area contributed by atoms with E-state index in [1.807, 2.05) is 24.3 Å². The number of unbranched alkanes of at least 4 members (excludes halogenated alkanes) is 2. The lowest BCUT2D eigenvalue weighted by molar-refractivity contribution is 0.163. The lowest BCUT2D eigenvalue weighted by atomic mass is 10.0. The molecule has 0 aromatic heterocycles. The number of benzene rings is 1. The van der Waals surface area contributed by atoms with Crippen molar-refractivity contribution in [2.75, 3.05) is 0 Å². The third-order valence-corrected chi connectivity index (χ3v) is 3.06. The summed E-state index contributed by atoms with van der Waals surface area (Å²) in [5.74, 6) is 0. The minimum atomic E-state index is -0.279. The van der Waals surface area contributed by atoms with Crippen LogP contribution in [-0.4, -0.2) is 5.11 Å². The highest BCUT2D eigenvalue weighted by Gasteiger charge is 2.05. The van der Waals surface area contributed by atoms with Crippen LogP contribution in [-0.2, 0) is 0 Å². The molecule has 0 saturated heterocycles. The molecule has 1 nitrogen and oxygen atoms in total. The minimum absolute atomic E-state index is 0.279. The van der Waals surface area contributed by atoms with Crippen molar-refractivity contribution in [1.29, 1.82) is 0 Å². The van der Waals surface area contributed by atoms with Gasteiger partial charge in [0.15, 0.2) is 0 Å². The topological polar surface area (TPSA) is 20.2 Å². The van der Waals surface area contributed by atoms with E-state index in [0.29, 0.717) is 0 Å². The maximum atomic E-state index is 9.84. The molecule has 0 saturated carbocycles. The first-order valence-electron chi connectivity index (χ1n) is 5.17. The summed E-state index contributed by atoms with van der Waals surface area (Å²) in [5, 5.41) is 9.84. The van der Waals surface area contributed by atoms with Gasteiger partial charge in [-0.1, -0.05) is 38.3 Å². The van der Waals surface area contributed by atoms with Crippen LogP contribution in [0.4, 0.5) is 0 Å². The number of aliphatic hydroxyl groups excluding tert-OH is 1. The smallest absolute Gasteiger partial charge is 0.0790 e. The van der Waals surface area contributed by atoms with E-state index in [4.69, 9.17) is 0 Å². The van der Waals surface area contributed by atoms with Crippen molar-refractivity contribution >= 4 is 22.6 Å². The fraction of sp³-hybridized carbons (Fsp3) is 0.500. The molecule has 0 bridgehead atoms. The van der Waals surface area contributed by atoms with Gasteiger partial charge in [-0.3, -0.25) is 0 Å². The second-order valence-corrected chi connectivity index (χ2v) is 4.81. The highest BCUT2D eigenvalue weighted by molar-refractivity contribution is 14.1. The van der Waals surface area contributed by atoms with Crippen LogP contribution in [0.15, 0.2) is 24.3 Å². The van der Waals surface area contributed by atoms with Crippen molar-refractivity contribution < 1.29 is 5.11 Å². The van der Waals surface area contributed by atoms with Crippen LogP contribution in [0.2, 0.25) is 0 Å². The Balaban J connectivity index is 2.43. The van der Waals surface area contributed by atoms with Gasteiger partial charge in [-0.15, -0.1) is 0 Å². The molecular weight excluding hydrogens is 287 g/mol. The van der Waals surface area contributed by atoms with E-state index in [-0.39, 0.29) is 6.10 Å². The number of rotatable bonds is 5. The van der Waals surface area contributed by atoms with Gasteiger partial charge in [0.1, 0.15) is 0 Å². The molecule has 1 aromatic carbocycles. The molecule has 14 heavy (non-hydrogen) atoms. The first kappa shape index (κ1) is 12.0. The van der Waals surface area contributed by atoms with E-state index in [2.05, 4.69) is 29.5 Å².